The molecule has 1 aliphatic rings. The van der Waals surface area contributed by atoms with Crippen LogP contribution in [0.1, 0.15) is 29.6 Å². The Hall–Kier alpha value is -1.69. The number of likely N-dealkylation sites (tertiary alicyclic amines) is 1. The van der Waals surface area contributed by atoms with Gasteiger partial charge in [0, 0.05) is 19.2 Å². The normalized spacial score (nSPS) is 19.2. The lowest BCUT2D eigenvalue weighted by molar-refractivity contribution is 0.0716. The molecular weight excluding hydrogens is 237 g/mol. The predicted octanol–water partition coefficient (Wildman–Crippen LogP) is 0.790. The van der Waals surface area contributed by atoms with E-state index in [1.807, 2.05) is 0 Å². The van der Waals surface area contributed by atoms with E-state index in [0.717, 1.165) is 25.1 Å². The molecule has 1 aromatic rings. The molecule has 6 heteroatoms. The highest BCUT2D eigenvalue weighted by Gasteiger charge is 2.30. The SMILES string of the molecule is Nc1ncc(F)cc1C(=O)N1CCCC1CCO. The number of aromatic nitrogens is 1. The molecule has 0 saturated carbocycles. The number of amides is 1. The number of carbonyl (C=O) groups excluding carboxylic acids is 1. The monoisotopic (exact) mass is 253 g/mol. The van der Waals surface area contributed by atoms with E-state index in [0.29, 0.717) is 13.0 Å². The first-order valence-corrected chi connectivity index (χ1v) is 5.96. The summed E-state index contributed by atoms with van der Waals surface area (Å²) in [6.45, 7) is 0.644. The Kier molecular flexibility index (Phi) is 3.76. The highest BCUT2D eigenvalue weighted by molar-refractivity contribution is 5.98. The van der Waals surface area contributed by atoms with Crippen molar-refractivity contribution in [1.29, 1.82) is 0 Å². The Morgan fingerprint density at radius 2 is 2.44 bits per heavy atom. The number of aliphatic hydroxyl groups is 1. The van der Waals surface area contributed by atoms with Gasteiger partial charge < -0.3 is 15.7 Å². The summed E-state index contributed by atoms with van der Waals surface area (Å²) in [4.78, 5) is 17.6. The van der Waals surface area contributed by atoms with Crippen molar-refractivity contribution in [2.75, 3.05) is 18.9 Å². The van der Waals surface area contributed by atoms with Gasteiger partial charge in [-0.25, -0.2) is 9.37 Å². The topological polar surface area (TPSA) is 79.5 Å². The molecule has 1 amide bonds. The lowest BCUT2D eigenvalue weighted by Gasteiger charge is -2.24. The van der Waals surface area contributed by atoms with Gasteiger partial charge >= 0.3 is 0 Å². The van der Waals surface area contributed by atoms with Crippen LogP contribution >= 0.6 is 0 Å². The molecule has 1 saturated heterocycles. The molecule has 0 aliphatic carbocycles. The van der Waals surface area contributed by atoms with E-state index in [1.165, 1.54) is 0 Å². The van der Waals surface area contributed by atoms with E-state index in [2.05, 4.69) is 4.98 Å². The highest BCUT2D eigenvalue weighted by atomic mass is 19.1. The molecule has 1 atom stereocenters. The van der Waals surface area contributed by atoms with Gasteiger partial charge in [0.15, 0.2) is 0 Å². The predicted molar refractivity (Wildman–Crippen MR) is 64.4 cm³/mol. The van der Waals surface area contributed by atoms with E-state index in [-0.39, 0.29) is 29.9 Å². The van der Waals surface area contributed by atoms with E-state index < -0.39 is 5.82 Å². The fourth-order valence-electron chi connectivity index (χ4n) is 2.33. The Bertz CT molecular complexity index is 453. The number of nitrogens with zero attached hydrogens (tertiary/aromatic N) is 2. The maximum absolute atomic E-state index is 13.1. The van der Waals surface area contributed by atoms with Crippen molar-refractivity contribution in [3.63, 3.8) is 0 Å². The van der Waals surface area contributed by atoms with Crippen molar-refractivity contribution in [2.45, 2.75) is 25.3 Å². The van der Waals surface area contributed by atoms with Gasteiger partial charge in [-0.05, 0) is 25.3 Å². The molecule has 0 spiro atoms. The smallest absolute Gasteiger partial charge is 0.257 e. The van der Waals surface area contributed by atoms with Gasteiger partial charge in [-0.3, -0.25) is 4.79 Å². The number of nitrogen functional groups attached to an aromatic ring is 1. The molecule has 0 aromatic carbocycles. The van der Waals surface area contributed by atoms with Crippen molar-refractivity contribution in [1.82, 2.24) is 9.88 Å². The standard InChI is InChI=1S/C12H16FN3O2/c13-8-6-10(11(14)15-7-8)12(18)16-4-1-2-9(16)3-5-17/h6-7,9,17H,1-5H2,(H2,14,15). The van der Waals surface area contributed by atoms with E-state index in [4.69, 9.17) is 10.8 Å². The lowest BCUT2D eigenvalue weighted by atomic mass is 10.1. The third kappa shape index (κ3) is 2.43. The summed E-state index contributed by atoms with van der Waals surface area (Å²) in [6, 6.07) is 1.11. The summed E-state index contributed by atoms with van der Waals surface area (Å²) >= 11 is 0. The summed E-state index contributed by atoms with van der Waals surface area (Å²) in [7, 11) is 0. The van der Waals surface area contributed by atoms with Gasteiger partial charge in [0.1, 0.15) is 11.6 Å². The molecule has 0 bridgehead atoms. The zero-order chi connectivity index (χ0) is 13.1. The summed E-state index contributed by atoms with van der Waals surface area (Å²) in [5.41, 5.74) is 5.70. The van der Waals surface area contributed by atoms with Gasteiger partial charge in [-0.15, -0.1) is 0 Å². The maximum Gasteiger partial charge on any atom is 0.257 e. The van der Waals surface area contributed by atoms with Crippen LogP contribution in [0.3, 0.4) is 0 Å². The molecule has 2 heterocycles. The number of aliphatic hydroxyl groups excluding tert-OH is 1. The molecule has 5 nitrogen and oxygen atoms in total. The Labute approximate surface area is 104 Å². The van der Waals surface area contributed by atoms with Crippen molar-refractivity contribution in [3.05, 3.63) is 23.6 Å². The molecule has 1 unspecified atom stereocenters. The van der Waals surface area contributed by atoms with Crippen LogP contribution in [0.4, 0.5) is 10.2 Å². The summed E-state index contributed by atoms with van der Waals surface area (Å²) < 4.78 is 13.1. The first-order valence-electron chi connectivity index (χ1n) is 5.96. The van der Waals surface area contributed by atoms with E-state index in [1.54, 1.807) is 4.90 Å². The molecule has 0 radical (unpaired) electrons. The number of rotatable bonds is 3. The number of carbonyl (C=O) groups is 1. The second kappa shape index (κ2) is 5.30. The summed E-state index contributed by atoms with van der Waals surface area (Å²) in [6.07, 6.45) is 3.27. The van der Waals surface area contributed by atoms with Crippen LogP contribution in [0, 0.1) is 5.82 Å². The summed E-state index contributed by atoms with van der Waals surface area (Å²) in [5, 5.41) is 8.96. The Balaban J connectivity index is 2.22. The molecular formula is C12H16FN3O2. The fourth-order valence-corrected chi connectivity index (χ4v) is 2.33. The van der Waals surface area contributed by atoms with Crippen LogP contribution in [-0.2, 0) is 0 Å². The van der Waals surface area contributed by atoms with Gasteiger partial charge in [0.05, 0.1) is 11.8 Å². The largest absolute Gasteiger partial charge is 0.396 e. The van der Waals surface area contributed by atoms with Gasteiger partial charge in [0.2, 0.25) is 0 Å². The minimum Gasteiger partial charge on any atom is -0.396 e. The Morgan fingerprint density at radius 3 is 3.17 bits per heavy atom. The van der Waals surface area contributed by atoms with Crippen LogP contribution in [0.25, 0.3) is 0 Å². The first-order chi connectivity index (χ1) is 8.63. The second-order valence-electron chi connectivity index (χ2n) is 4.39. The van der Waals surface area contributed by atoms with Crippen molar-refractivity contribution in [3.8, 4) is 0 Å². The molecule has 3 N–H and O–H groups in total. The number of nitrogens with two attached hydrogens (primary N) is 1. The molecule has 1 fully saturated rings. The quantitative estimate of drug-likeness (QED) is 0.834. The maximum atomic E-state index is 13.1. The van der Waals surface area contributed by atoms with Gasteiger partial charge in [-0.1, -0.05) is 0 Å². The number of halogens is 1. The van der Waals surface area contributed by atoms with Crippen LogP contribution in [0.15, 0.2) is 12.3 Å². The van der Waals surface area contributed by atoms with E-state index >= 15 is 0 Å². The minimum atomic E-state index is -0.578. The number of pyridine rings is 1. The average molecular weight is 253 g/mol. The second-order valence-corrected chi connectivity index (χ2v) is 4.39. The van der Waals surface area contributed by atoms with Gasteiger partial charge in [0.25, 0.3) is 5.91 Å². The molecule has 1 aromatic heterocycles. The van der Waals surface area contributed by atoms with E-state index in [9.17, 15) is 9.18 Å². The summed E-state index contributed by atoms with van der Waals surface area (Å²) in [5.74, 6) is -0.850. The zero-order valence-electron chi connectivity index (χ0n) is 9.97. The van der Waals surface area contributed by atoms with Crippen LogP contribution < -0.4 is 5.73 Å². The third-order valence-corrected chi connectivity index (χ3v) is 3.22. The Morgan fingerprint density at radius 1 is 1.67 bits per heavy atom. The molecule has 18 heavy (non-hydrogen) atoms. The lowest BCUT2D eigenvalue weighted by Crippen LogP contribution is -2.36. The number of anilines is 1. The van der Waals surface area contributed by atoms with Crippen molar-refractivity contribution in [2.24, 2.45) is 0 Å². The average Bonchev–Trinajstić information content (AvgIpc) is 2.80. The highest BCUT2D eigenvalue weighted by Crippen LogP contribution is 2.24. The van der Waals surface area contributed by atoms with Crippen LogP contribution in [0.2, 0.25) is 0 Å². The number of hydrogen-bond donors (Lipinski definition) is 2. The molecule has 2 rings (SSSR count). The fraction of sp³-hybridized carbons (Fsp3) is 0.500. The minimum absolute atomic E-state index is 0.00478. The number of hydrogen-bond acceptors (Lipinski definition) is 4. The van der Waals surface area contributed by atoms with Crippen molar-refractivity contribution >= 4 is 11.7 Å². The van der Waals surface area contributed by atoms with Crippen LogP contribution in [0.5, 0.6) is 0 Å². The third-order valence-electron chi connectivity index (χ3n) is 3.22. The first kappa shape index (κ1) is 12.8. The zero-order valence-corrected chi connectivity index (χ0v) is 9.97. The van der Waals surface area contributed by atoms with Crippen molar-refractivity contribution < 1.29 is 14.3 Å². The molecule has 1 aliphatic heterocycles. The van der Waals surface area contributed by atoms with Crippen LogP contribution in [-0.4, -0.2) is 40.1 Å². The molecule has 98 valence electrons. The van der Waals surface area contributed by atoms with Gasteiger partial charge in [-0.2, -0.15) is 0 Å².